The van der Waals surface area contributed by atoms with Crippen LogP contribution in [0.4, 0.5) is 0 Å². The zero-order chi connectivity index (χ0) is 11.4. The summed E-state index contributed by atoms with van der Waals surface area (Å²) in [4.78, 5) is 6.96. The Hall–Kier alpha value is -0.420. The summed E-state index contributed by atoms with van der Waals surface area (Å²) in [6.07, 6.45) is 3.03. The van der Waals surface area contributed by atoms with Crippen LogP contribution in [0.3, 0.4) is 0 Å². The molecule has 0 saturated carbocycles. The predicted molar refractivity (Wildman–Crippen MR) is 71.4 cm³/mol. The van der Waals surface area contributed by atoms with Gasteiger partial charge in [-0.2, -0.15) is 0 Å². The van der Waals surface area contributed by atoms with Crippen molar-refractivity contribution < 1.29 is 0 Å². The third-order valence-electron chi connectivity index (χ3n) is 2.15. The van der Waals surface area contributed by atoms with Crippen molar-refractivity contribution in [2.75, 3.05) is 0 Å². The molecular formula is C11H13ClN2S2. The molecule has 0 unspecified atom stereocenters. The first kappa shape index (κ1) is 12.0. The van der Waals surface area contributed by atoms with Gasteiger partial charge in [-0.1, -0.05) is 18.5 Å². The number of thiophene rings is 1. The zero-order valence-electron chi connectivity index (χ0n) is 9.00. The number of hydrogen-bond donors (Lipinski definition) is 1. The smallest absolute Gasteiger partial charge is 0.107 e. The normalized spacial score (nSPS) is 10.9. The van der Waals surface area contributed by atoms with Crippen LogP contribution >= 0.6 is 34.3 Å². The van der Waals surface area contributed by atoms with Crippen molar-refractivity contribution >= 4 is 34.3 Å². The van der Waals surface area contributed by atoms with Gasteiger partial charge in [-0.15, -0.1) is 22.7 Å². The molecule has 0 bridgehead atoms. The maximum Gasteiger partial charge on any atom is 0.107 e. The van der Waals surface area contributed by atoms with Crippen molar-refractivity contribution in [2.45, 2.75) is 26.4 Å². The molecule has 0 spiro atoms. The van der Waals surface area contributed by atoms with Crippen molar-refractivity contribution in [1.82, 2.24) is 10.3 Å². The standard InChI is InChI=1S/C11H13ClN2S2/c1-2-8-6-14-11(16-8)7-13-5-9-3-4-10(12)15-9/h3-4,6,13H,2,5,7H2,1H3. The number of aromatic nitrogens is 1. The second-order valence-electron chi connectivity index (χ2n) is 3.38. The number of aryl methyl sites for hydroxylation is 1. The van der Waals surface area contributed by atoms with Gasteiger partial charge in [-0.25, -0.2) is 4.98 Å². The van der Waals surface area contributed by atoms with Gasteiger partial charge in [0.1, 0.15) is 5.01 Å². The SMILES string of the molecule is CCc1cnc(CNCc2ccc(Cl)s2)s1. The second kappa shape index (κ2) is 5.77. The molecule has 0 aliphatic carbocycles. The van der Waals surface area contributed by atoms with Crippen LogP contribution in [0, 0.1) is 0 Å². The molecule has 2 aromatic rings. The highest BCUT2D eigenvalue weighted by atomic mass is 35.5. The lowest BCUT2D eigenvalue weighted by Gasteiger charge is -1.98. The minimum absolute atomic E-state index is 0.834. The number of hydrogen-bond acceptors (Lipinski definition) is 4. The molecule has 2 heterocycles. The molecule has 0 saturated heterocycles. The largest absolute Gasteiger partial charge is 0.306 e. The maximum absolute atomic E-state index is 5.86. The average Bonchev–Trinajstić information content (AvgIpc) is 2.88. The summed E-state index contributed by atoms with van der Waals surface area (Å²) < 4.78 is 0.847. The Morgan fingerprint density at radius 1 is 1.25 bits per heavy atom. The van der Waals surface area contributed by atoms with Crippen LogP contribution in [-0.2, 0) is 19.5 Å². The summed E-state index contributed by atoms with van der Waals surface area (Å²) >= 11 is 9.25. The van der Waals surface area contributed by atoms with Crippen LogP contribution in [0.2, 0.25) is 4.34 Å². The third-order valence-corrected chi connectivity index (χ3v) is 4.53. The Labute approximate surface area is 108 Å². The highest BCUT2D eigenvalue weighted by Gasteiger charge is 2.01. The fourth-order valence-electron chi connectivity index (χ4n) is 1.33. The van der Waals surface area contributed by atoms with E-state index in [-0.39, 0.29) is 0 Å². The summed E-state index contributed by atoms with van der Waals surface area (Å²) in [6, 6.07) is 3.99. The number of halogens is 1. The molecule has 0 aliphatic rings. The van der Waals surface area contributed by atoms with E-state index < -0.39 is 0 Å². The number of nitrogens with zero attached hydrogens (tertiary/aromatic N) is 1. The molecule has 2 nitrogen and oxygen atoms in total. The molecule has 1 N–H and O–H groups in total. The first-order valence-corrected chi connectivity index (χ1v) is 7.17. The summed E-state index contributed by atoms with van der Waals surface area (Å²) in [7, 11) is 0. The second-order valence-corrected chi connectivity index (χ2v) is 6.38. The van der Waals surface area contributed by atoms with Gasteiger partial charge in [0.15, 0.2) is 0 Å². The fraction of sp³-hybridized carbons (Fsp3) is 0.364. The Bertz CT molecular complexity index is 450. The van der Waals surface area contributed by atoms with Crippen LogP contribution in [0.25, 0.3) is 0 Å². The zero-order valence-corrected chi connectivity index (χ0v) is 11.4. The molecule has 2 aromatic heterocycles. The van der Waals surface area contributed by atoms with E-state index in [0.29, 0.717) is 0 Å². The van der Waals surface area contributed by atoms with Crippen LogP contribution in [0.5, 0.6) is 0 Å². The van der Waals surface area contributed by atoms with Gasteiger partial charge in [0.2, 0.25) is 0 Å². The van der Waals surface area contributed by atoms with Crippen LogP contribution in [0.15, 0.2) is 18.3 Å². The molecule has 2 rings (SSSR count). The van der Waals surface area contributed by atoms with E-state index in [9.17, 15) is 0 Å². The molecule has 16 heavy (non-hydrogen) atoms. The fourth-order valence-corrected chi connectivity index (χ4v) is 3.22. The van der Waals surface area contributed by atoms with Gasteiger partial charge in [-0.05, 0) is 18.6 Å². The highest BCUT2D eigenvalue weighted by molar-refractivity contribution is 7.16. The minimum atomic E-state index is 0.834. The Balaban J connectivity index is 1.79. The Morgan fingerprint density at radius 3 is 2.75 bits per heavy atom. The Morgan fingerprint density at radius 2 is 2.12 bits per heavy atom. The summed E-state index contributed by atoms with van der Waals surface area (Å²) in [5.74, 6) is 0. The van der Waals surface area contributed by atoms with Gasteiger partial charge in [-0.3, -0.25) is 0 Å². The van der Waals surface area contributed by atoms with Gasteiger partial charge < -0.3 is 5.32 Å². The topological polar surface area (TPSA) is 24.9 Å². The minimum Gasteiger partial charge on any atom is -0.306 e. The van der Waals surface area contributed by atoms with Gasteiger partial charge >= 0.3 is 0 Å². The van der Waals surface area contributed by atoms with E-state index in [1.807, 2.05) is 12.3 Å². The van der Waals surface area contributed by atoms with Gasteiger partial charge in [0.05, 0.1) is 4.34 Å². The van der Waals surface area contributed by atoms with E-state index in [1.165, 1.54) is 9.75 Å². The highest BCUT2D eigenvalue weighted by Crippen LogP contribution is 2.21. The quantitative estimate of drug-likeness (QED) is 0.898. The molecule has 0 atom stereocenters. The molecule has 0 radical (unpaired) electrons. The number of thiazole rings is 1. The van der Waals surface area contributed by atoms with Gasteiger partial charge in [0.25, 0.3) is 0 Å². The maximum atomic E-state index is 5.86. The van der Waals surface area contributed by atoms with Crippen LogP contribution in [0.1, 0.15) is 21.7 Å². The van der Waals surface area contributed by atoms with E-state index >= 15 is 0 Å². The summed E-state index contributed by atoms with van der Waals surface area (Å²) in [5, 5.41) is 4.52. The van der Waals surface area contributed by atoms with Crippen molar-refractivity contribution in [3.63, 3.8) is 0 Å². The first-order chi connectivity index (χ1) is 7.78. The third kappa shape index (κ3) is 3.28. The number of nitrogens with one attached hydrogen (secondary N) is 1. The Kier molecular flexibility index (Phi) is 4.35. The van der Waals surface area contributed by atoms with Gasteiger partial charge in [0, 0.05) is 29.0 Å². The average molecular weight is 273 g/mol. The summed E-state index contributed by atoms with van der Waals surface area (Å²) in [6.45, 7) is 3.84. The lowest BCUT2D eigenvalue weighted by atomic mass is 10.4. The van der Waals surface area contributed by atoms with Crippen molar-refractivity contribution in [3.8, 4) is 0 Å². The van der Waals surface area contributed by atoms with E-state index in [1.54, 1.807) is 22.7 Å². The predicted octanol–water partition coefficient (Wildman–Crippen LogP) is 3.71. The lowest BCUT2D eigenvalue weighted by Crippen LogP contribution is -2.11. The van der Waals surface area contributed by atoms with E-state index in [2.05, 4.69) is 23.3 Å². The first-order valence-electron chi connectivity index (χ1n) is 5.16. The van der Waals surface area contributed by atoms with E-state index in [0.717, 1.165) is 28.9 Å². The monoisotopic (exact) mass is 272 g/mol. The van der Waals surface area contributed by atoms with Crippen molar-refractivity contribution in [3.05, 3.63) is 37.4 Å². The van der Waals surface area contributed by atoms with Crippen molar-refractivity contribution in [1.29, 1.82) is 0 Å². The van der Waals surface area contributed by atoms with Crippen molar-refractivity contribution in [2.24, 2.45) is 0 Å². The van der Waals surface area contributed by atoms with Crippen LogP contribution < -0.4 is 5.32 Å². The molecular weight excluding hydrogens is 260 g/mol. The molecule has 86 valence electrons. The molecule has 5 heteroatoms. The van der Waals surface area contributed by atoms with Crippen LogP contribution in [-0.4, -0.2) is 4.98 Å². The molecule has 0 aliphatic heterocycles. The molecule has 0 aromatic carbocycles. The molecule has 0 fully saturated rings. The van der Waals surface area contributed by atoms with E-state index in [4.69, 9.17) is 11.6 Å². The molecule has 0 amide bonds. The number of rotatable bonds is 5. The lowest BCUT2D eigenvalue weighted by molar-refractivity contribution is 0.697. The summed E-state index contributed by atoms with van der Waals surface area (Å²) in [5.41, 5.74) is 0.